The fourth-order valence-electron chi connectivity index (χ4n) is 4.53. The monoisotopic (exact) mass is 644 g/mol. The van der Waals surface area contributed by atoms with E-state index in [2.05, 4.69) is 4.37 Å². The second-order valence-corrected chi connectivity index (χ2v) is 12.3. The number of ether oxygens (including phenoxy) is 1. The summed E-state index contributed by atoms with van der Waals surface area (Å²) < 4.78 is 78.7. The van der Waals surface area contributed by atoms with Crippen LogP contribution in [-0.4, -0.2) is 34.4 Å². The zero-order chi connectivity index (χ0) is 31.8. The molecule has 228 valence electrons. The lowest BCUT2D eigenvalue weighted by molar-refractivity contribution is -0.144. The van der Waals surface area contributed by atoms with Gasteiger partial charge in [0.1, 0.15) is 11.4 Å². The van der Waals surface area contributed by atoms with Crippen molar-refractivity contribution in [1.82, 2.24) is 18.2 Å². The summed E-state index contributed by atoms with van der Waals surface area (Å²) >= 11 is 1.09. The molecular formula is C29H23F3N4O6S2. The molecule has 0 saturated heterocycles. The Morgan fingerprint density at radius 2 is 1.75 bits per heavy atom. The number of benzene rings is 3. The Bertz CT molecular complexity index is 2120. The summed E-state index contributed by atoms with van der Waals surface area (Å²) in [4.78, 5) is 38.0. The van der Waals surface area contributed by atoms with Gasteiger partial charge in [-0.3, -0.25) is 14.2 Å². The number of aromatic nitrogens is 3. The number of carbonyl (C=O) groups excluding carboxylic acids is 1. The first-order valence-corrected chi connectivity index (χ1v) is 15.3. The van der Waals surface area contributed by atoms with Crippen LogP contribution in [0.4, 0.5) is 13.2 Å². The maximum absolute atomic E-state index is 13.3. The van der Waals surface area contributed by atoms with Gasteiger partial charge >= 0.3 is 11.9 Å². The number of nitrogens with zero attached hydrogens (tertiary/aromatic N) is 3. The van der Waals surface area contributed by atoms with Crippen LogP contribution >= 0.6 is 11.5 Å². The van der Waals surface area contributed by atoms with Gasteiger partial charge in [0.05, 0.1) is 21.8 Å². The van der Waals surface area contributed by atoms with E-state index in [0.29, 0.717) is 42.1 Å². The van der Waals surface area contributed by atoms with E-state index in [-0.39, 0.29) is 11.4 Å². The maximum Gasteiger partial charge on any atom is 0.431 e. The predicted octanol–water partition coefficient (Wildman–Crippen LogP) is 4.17. The molecule has 0 aliphatic heterocycles. The average molecular weight is 645 g/mol. The van der Waals surface area contributed by atoms with Gasteiger partial charge in [0.15, 0.2) is 6.61 Å². The summed E-state index contributed by atoms with van der Waals surface area (Å²) in [5, 5.41) is 0.465. The van der Waals surface area contributed by atoms with Crippen LogP contribution in [0.1, 0.15) is 16.8 Å². The molecule has 1 amide bonds. The van der Waals surface area contributed by atoms with Crippen molar-refractivity contribution >= 4 is 37.5 Å². The Morgan fingerprint density at radius 1 is 1.02 bits per heavy atom. The molecule has 0 radical (unpaired) electrons. The van der Waals surface area contributed by atoms with Gasteiger partial charge in [0.2, 0.25) is 10.0 Å². The van der Waals surface area contributed by atoms with Gasteiger partial charge in [0.25, 0.3) is 11.5 Å². The average Bonchev–Trinajstić information content (AvgIpc) is 3.37. The molecule has 0 bridgehead atoms. The quantitative estimate of drug-likeness (QED) is 0.269. The second kappa shape index (κ2) is 11.7. The van der Waals surface area contributed by atoms with Crippen molar-refractivity contribution in [2.24, 2.45) is 7.05 Å². The van der Waals surface area contributed by atoms with E-state index < -0.39 is 51.4 Å². The number of rotatable bonds is 8. The third-order valence-corrected chi connectivity index (χ3v) is 8.62. The van der Waals surface area contributed by atoms with E-state index in [9.17, 15) is 36.0 Å². The minimum atomic E-state index is -4.90. The molecule has 0 saturated carbocycles. The highest BCUT2D eigenvalue weighted by Gasteiger charge is 2.35. The predicted molar refractivity (Wildman–Crippen MR) is 158 cm³/mol. The van der Waals surface area contributed by atoms with E-state index >= 15 is 0 Å². The van der Waals surface area contributed by atoms with E-state index in [1.807, 2.05) is 11.6 Å². The lowest BCUT2D eigenvalue weighted by Crippen LogP contribution is -2.40. The summed E-state index contributed by atoms with van der Waals surface area (Å²) in [6.45, 7) is 1.18. The largest absolute Gasteiger partial charge is 0.483 e. The van der Waals surface area contributed by atoms with Gasteiger partial charge in [-0.1, -0.05) is 42.0 Å². The van der Waals surface area contributed by atoms with Crippen LogP contribution in [0.3, 0.4) is 0 Å². The molecule has 5 rings (SSSR count). The molecular weight excluding hydrogens is 621 g/mol. The van der Waals surface area contributed by atoms with Crippen molar-refractivity contribution in [3.8, 4) is 22.7 Å². The van der Waals surface area contributed by atoms with Crippen LogP contribution in [0.15, 0.2) is 82.4 Å². The number of aryl methyl sites for hydroxylation is 1. The third kappa shape index (κ3) is 6.43. The molecule has 15 heteroatoms. The molecule has 44 heavy (non-hydrogen) atoms. The van der Waals surface area contributed by atoms with Gasteiger partial charge in [-0.15, -0.1) is 0 Å². The standard InChI is InChI=1S/C29H23F3N4O6S2/c1-17-8-10-22(42-15-25(37)34-44(40,41)16-18-6-4-3-5-7-18)20(12-17)27-21-13-19(9-11-23(21)43-33-27)36-26(38)14-24(29(30,31)32)35(2)28(36)39/h3-14H,15-16H2,1-2H3,(H,34,37). The van der Waals surface area contributed by atoms with Gasteiger partial charge in [-0.25, -0.2) is 22.5 Å². The number of carbonyl (C=O) groups is 1. The van der Waals surface area contributed by atoms with Crippen LogP contribution in [-0.2, 0) is 33.8 Å². The third-order valence-electron chi connectivity index (χ3n) is 6.54. The maximum atomic E-state index is 13.3. The highest BCUT2D eigenvalue weighted by atomic mass is 32.2. The van der Waals surface area contributed by atoms with Crippen molar-refractivity contribution in [1.29, 1.82) is 0 Å². The summed E-state index contributed by atoms with van der Waals surface area (Å²) in [5.74, 6) is -1.09. The number of hydrogen-bond acceptors (Lipinski definition) is 8. The zero-order valence-corrected chi connectivity index (χ0v) is 24.7. The molecule has 3 aromatic carbocycles. The summed E-state index contributed by atoms with van der Waals surface area (Å²) in [5.41, 5.74) is -1.59. The molecule has 5 aromatic rings. The summed E-state index contributed by atoms with van der Waals surface area (Å²) in [6.07, 6.45) is -4.90. The SMILES string of the molecule is Cc1ccc(OCC(=O)NS(=O)(=O)Cc2ccccc2)c(-c2nsc3ccc(-n4c(=O)cc(C(F)(F)F)n(C)c4=O)cc23)c1. The minimum absolute atomic E-state index is 0.0244. The highest BCUT2D eigenvalue weighted by Crippen LogP contribution is 2.37. The number of halogens is 3. The Balaban J connectivity index is 1.46. The molecule has 2 heterocycles. The zero-order valence-electron chi connectivity index (χ0n) is 23.1. The first kappa shape index (κ1) is 30.7. The molecule has 1 N–H and O–H groups in total. The molecule has 0 unspecified atom stereocenters. The van der Waals surface area contributed by atoms with Crippen LogP contribution < -0.4 is 20.7 Å². The molecule has 0 atom stereocenters. The number of sulfonamides is 1. The van der Waals surface area contributed by atoms with Crippen molar-refractivity contribution in [2.45, 2.75) is 18.9 Å². The van der Waals surface area contributed by atoms with Crippen LogP contribution in [0.5, 0.6) is 5.75 Å². The fourth-order valence-corrected chi connectivity index (χ4v) is 6.40. The fraction of sp³-hybridized carbons (Fsp3) is 0.172. The Morgan fingerprint density at radius 3 is 2.45 bits per heavy atom. The Hall–Kier alpha value is -4.76. The Kier molecular flexibility index (Phi) is 8.18. The van der Waals surface area contributed by atoms with E-state index in [0.717, 1.165) is 24.1 Å². The Labute approximate surface area is 252 Å². The van der Waals surface area contributed by atoms with E-state index in [1.165, 1.54) is 12.1 Å². The van der Waals surface area contributed by atoms with Gasteiger partial charge < -0.3 is 4.74 Å². The topological polar surface area (TPSA) is 129 Å². The molecule has 2 aromatic heterocycles. The van der Waals surface area contributed by atoms with Crippen molar-refractivity contribution in [3.05, 3.63) is 110 Å². The molecule has 0 aliphatic carbocycles. The number of alkyl halides is 3. The number of nitrogens with one attached hydrogen (secondary N) is 1. The number of hydrogen-bond donors (Lipinski definition) is 1. The van der Waals surface area contributed by atoms with Gasteiger partial charge in [0, 0.05) is 24.1 Å². The molecule has 10 nitrogen and oxygen atoms in total. The second-order valence-electron chi connectivity index (χ2n) is 9.81. The van der Waals surface area contributed by atoms with Crippen molar-refractivity contribution in [2.75, 3.05) is 6.61 Å². The van der Waals surface area contributed by atoms with Crippen LogP contribution in [0, 0.1) is 6.92 Å². The van der Waals surface area contributed by atoms with E-state index in [1.54, 1.807) is 54.6 Å². The van der Waals surface area contributed by atoms with Crippen molar-refractivity contribution in [3.63, 3.8) is 0 Å². The van der Waals surface area contributed by atoms with Gasteiger partial charge in [-0.05, 0) is 54.4 Å². The lowest BCUT2D eigenvalue weighted by atomic mass is 10.0. The smallest absolute Gasteiger partial charge is 0.431 e. The van der Waals surface area contributed by atoms with E-state index in [4.69, 9.17) is 4.74 Å². The molecule has 0 fully saturated rings. The first-order chi connectivity index (χ1) is 20.7. The number of fused-ring (bicyclic) bond motifs is 1. The summed E-state index contributed by atoms with van der Waals surface area (Å²) in [7, 11) is -3.06. The highest BCUT2D eigenvalue weighted by molar-refractivity contribution is 7.89. The normalized spacial score (nSPS) is 11.9. The molecule has 0 spiro atoms. The summed E-state index contributed by atoms with van der Waals surface area (Å²) in [6, 6.07) is 18.2. The molecule has 0 aliphatic rings. The van der Waals surface area contributed by atoms with Gasteiger partial charge in [-0.2, -0.15) is 17.5 Å². The van der Waals surface area contributed by atoms with Crippen LogP contribution in [0.25, 0.3) is 27.0 Å². The first-order valence-electron chi connectivity index (χ1n) is 12.8. The minimum Gasteiger partial charge on any atom is -0.483 e. The van der Waals surface area contributed by atoms with Crippen molar-refractivity contribution < 1.29 is 31.1 Å². The number of amides is 1. The lowest BCUT2D eigenvalue weighted by Gasteiger charge is -2.14. The van der Waals surface area contributed by atoms with Crippen LogP contribution in [0.2, 0.25) is 0 Å².